The van der Waals surface area contributed by atoms with Crippen LogP contribution in [0.25, 0.3) is 0 Å². The fourth-order valence-corrected chi connectivity index (χ4v) is 2.13. The second-order valence-corrected chi connectivity index (χ2v) is 6.12. The Kier molecular flexibility index (Phi) is 4.62. The smallest absolute Gasteiger partial charge is 0.407 e. The van der Waals surface area contributed by atoms with Gasteiger partial charge in [0.1, 0.15) is 5.60 Å². The van der Waals surface area contributed by atoms with Crippen molar-refractivity contribution >= 4 is 18.0 Å². The number of amides is 2. The third-order valence-electron chi connectivity index (χ3n) is 3.21. The van der Waals surface area contributed by atoms with Gasteiger partial charge in [-0.05, 0) is 34.6 Å². The minimum absolute atomic E-state index is 0.258. The second-order valence-electron chi connectivity index (χ2n) is 6.12. The number of hydrogen-bond donors (Lipinski definition) is 3. The third-order valence-corrected chi connectivity index (χ3v) is 3.21. The van der Waals surface area contributed by atoms with Crippen molar-refractivity contribution in [3.8, 4) is 0 Å². The standard InChI is InChI=1S/C13H22N2O5/c1-6(11(17)18)9-8(10(16)15-9)7(2)14-12(19)20-13(3,4)5/h6-9H,1-5H3,(H,14,19)(H,15,16)(H,17,18)/t6?,7?,8-,9-/m1/s1. The number of carbonyl (C=O) groups excluding carboxylic acids is 2. The van der Waals surface area contributed by atoms with Gasteiger partial charge in [-0.2, -0.15) is 0 Å². The topological polar surface area (TPSA) is 105 Å². The highest BCUT2D eigenvalue weighted by atomic mass is 16.6. The number of alkyl carbamates (subject to hydrolysis) is 1. The molecular weight excluding hydrogens is 264 g/mol. The molecule has 0 aliphatic carbocycles. The largest absolute Gasteiger partial charge is 0.481 e. The van der Waals surface area contributed by atoms with Crippen LogP contribution in [0.5, 0.6) is 0 Å². The number of carboxylic acid groups (broad SMARTS) is 1. The van der Waals surface area contributed by atoms with Crippen LogP contribution in [0.1, 0.15) is 34.6 Å². The Hall–Kier alpha value is -1.79. The average Bonchev–Trinajstić information content (AvgIpc) is 2.21. The summed E-state index contributed by atoms with van der Waals surface area (Å²) in [5.74, 6) is -2.51. The zero-order valence-corrected chi connectivity index (χ0v) is 12.4. The first-order valence-electron chi connectivity index (χ1n) is 6.55. The molecule has 1 aliphatic rings. The summed E-state index contributed by atoms with van der Waals surface area (Å²) in [4.78, 5) is 34.2. The van der Waals surface area contributed by atoms with Crippen molar-refractivity contribution in [3.63, 3.8) is 0 Å². The van der Waals surface area contributed by atoms with Gasteiger partial charge in [0, 0.05) is 6.04 Å². The monoisotopic (exact) mass is 286 g/mol. The molecule has 2 unspecified atom stereocenters. The summed E-state index contributed by atoms with van der Waals surface area (Å²) in [6, 6.07) is -0.977. The number of carbonyl (C=O) groups is 3. The molecule has 4 atom stereocenters. The van der Waals surface area contributed by atoms with Crippen LogP contribution in [0, 0.1) is 11.8 Å². The van der Waals surface area contributed by atoms with Crippen LogP contribution in [0.4, 0.5) is 4.79 Å². The van der Waals surface area contributed by atoms with Gasteiger partial charge in [0.05, 0.1) is 17.9 Å². The fourth-order valence-electron chi connectivity index (χ4n) is 2.13. The van der Waals surface area contributed by atoms with E-state index in [9.17, 15) is 14.4 Å². The molecule has 2 amide bonds. The molecule has 0 aromatic carbocycles. The minimum atomic E-state index is -0.982. The predicted octanol–water partition coefficient (Wildman–Crippen LogP) is 0.735. The lowest BCUT2D eigenvalue weighted by Crippen LogP contribution is -2.67. The molecule has 1 saturated heterocycles. The van der Waals surface area contributed by atoms with Gasteiger partial charge in [0.2, 0.25) is 5.91 Å². The molecule has 0 aromatic heterocycles. The molecule has 114 valence electrons. The predicted molar refractivity (Wildman–Crippen MR) is 71.1 cm³/mol. The van der Waals surface area contributed by atoms with Crippen molar-refractivity contribution in [2.24, 2.45) is 11.8 Å². The van der Waals surface area contributed by atoms with E-state index in [1.807, 2.05) is 0 Å². The summed E-state index contributed by atoms with van der Waals surface area (Å²) < 4.78 is 5.11. The average molecular weight is 286 g/mol. The van der Waals surface area contributed by atoms with E-state index in [1.165, 1.54) is 6.92 Å². The van der Waals surface area contributed by atoms with Crippen LogP contribution in [-0.2, 0) is 14.3 Å². The molecule has 0 saturated carbocycles. The first-order chi connectivity index (χ1) is 9.03. The van der Waals surface area contributed by atoms with Gasteiger partial charge in [-0.15, -0.1) is 0 Å². The van der Waals surface area contributed by atoms with E-state index < -0.39 is 41.6 Å². The van der Waals surface area contributed by atoms with Crippen molar-refractivity contribution in [2.75, 3.05) is 0 Å². The lowest BCUT2D eigenvalue weighted by molar-refractivity contribution is -0.148. The Balaban J connectivity index is 2.62. The molecule has 0 aromatic rings. The maximum atomic E-state index is 11.6. The van der Waals surface area contributed by atoms with Crippen molar-refractivity contribution in [3.05, 3.63) is 0 Å². The van der Waals surface area contributed by atoms with Crippen LogP contribution >= 0.6 is 0 Å². The van der Waals surface area contributed by atoms with Gasteiger partial charge in [0.15, 0.2) is 0 Å². The summed E-state index contributed by atoms with van der Waals surface area (Å²) in [6.07, 6.45) is -0.619. The van der Waals surface area contributed by atoms with Gasteiger partial charge in [-0.1, -0.05) is 0 Å². The molecule has 7 nitrogen and oxygen atoms in total. The fraction of sp³-hybridized carbons (Fsp3) is 0.769. The maximum Gasteiger partial charge on any atom is 0.407 e. The van der Waals surface area contributed by atoms with Crippen molar-refractivity contribution in [1.82, 2.24) is 10.6 Å². The lowest BCUT2D eigenvalue weighted by Gasteiger charge is -2.42. The number of carboxylic acids is 1. The lowest BCUT2D eigenvalue weighted by atomic mass is 9.78. The van der Waals surface area contributed by atoms with Crippen molar-refractivity contribution < 1.29 is 24.2 Å². The van der Waals surface area contributed by atoms with Crippen LogP contribution in [0.3, 0.4) is 0 Å². The van der Waals surface area contributed by atoms with E-state index in [4.69, 9.17) is 9.84 Å². The zero-order valence-electron chi connectivity index (χ0n) is 12.4. The summed E-state index contributed by atoms with van der Waals surface area (Å²) in [6.45, 7) is 8.41. The van der Waals surface area contributed by atoms with Crippen LogP contribution in [0.2, 0.25) is 0 Å². The molecule has 3 N–H and O–H groups in total. The van der Waals surface area contributed by atoms with Crippen LogP contribution in [0.15, 0.2) is 0 Å². The molecule has 1 fully saturated rings. The van der Waals surface area contributed by atoms with E-state index in [0.717, 1.165) is 0 Å². The Bertz CT molecular complexity index is 415. The van der Waals surface area contributed by atoms with Gasteiger partial charge in [0.25, 0.3) is 0 Å². The van der Waals surface area contributed by atoms with E-state index in [1.54, 1.807) is 27.7 Å². The summed E-state index contributed by atoms with van der Waals surface area (Å²) in [7, 11) is 0. The normalized spacial score (nSPS) is 24.9. The first kappa shape index (κ1) is 16.3. The number of hydrogen-bond acceptors (Lipinski definition) is 4. The van der Waals surface area contributed by atoms with Gasteiger partial charge in [-0.25, -0.2) is 4.79 Å². The Morgan fingerprint density at radius 1 is 1.35 bits per heavy atom. The molecule has 0 spiro atoms. The quantitative estimate of drug-likeness (QED) is 0.661. The number of aliphatic carboxylic acids is 1. The molecular formula is C13H22N2O5. The van der Waals surface area contributed by atoms with Gasteiger partial charge in [-0.3, -0.25) is 9.59 Å². The Morgan fingerprint density at radius 2 is 1.90 bits per heavy atom. The highest BCUT2D eigenvalue weighted by molar-refractivity contribution is 5.89. The summed E-state index contributed by atoms with van der Waals surface area (Å²) in [5, 5.41) is 14.1. The molecule has 0 bridgehead atoms. The third kappa shape index (κ3) is 3.85. The van der Waals surface area contributed by atoms with Crippen molar-refractivity contribution in [1.29, 1.82) is 0 Å². The number of rotatable bonds is 4. The highest BCUT2D eigenvalue weighted by Crippen LogP contribution is 2.26. The number of β-lactam (4-membered cyclic amide) rings is 1. The zero-order chi connectivity index (χ0) is 15.7. The second kappa shape index (κ2) is 5.68. The molecule has 1 rings (SSSR count). The Labute approximate surface area is 118 Å². The van der Waals surface area contributed by atoms with E-state index in [2.05, 4.69) is 10.6 Å². The van der Waals surface area contributed by atoms with Crippen molar-refractivity contribution in [2.45, 2.75) is 52.3 Å². The molecule has 0 radical (unpaired) electrons. The van der Waals surface area contributed by atoms with E-state index in [0.29, 0.717) is 0 Å². The van der Waals surface area contributed by atoms with Gasteiger partial charge < -0.3 is 20.5 Å². The molecule has 7 heteroatoms. The van der Waals surface area contributed by atoms with Crippen LogP contribution < -0.4 is 10.6 Å². The van der Waals surface area contributed by atoms with Crippen LogP contribution in [-0.4, -0.2) is 40.8 Å². The number of ether oxygens (including phenoxy) is 1. The highest BCUT2D eigenvalue weighted by Gasteiger charge is 2.48. The molecule has 1 aliphatic heterocycles. The maximum absolute atomic E-state index is 11.6. The summed E-state index contributed by atoms with van der Waals surface area (Å²) in [5.41, 5.74) is -0.626. The van der Waals surface area contributed by atoms with Gasteiger partial charge >= 0.3 is 12.1 Å². The molecule has 20 heavy (non-hydrogen) atoms. The summed E-state index contributed by atoms with van der Waals surface area (Å²) >= 11 is 0. The Morgan fingerprint density at radius 3 is 2.30 bits per heavy atom. The first-order valence-corrected chi connectivity index (χ1v) is 6.55. The molecule has 1 heterocycles. The number of nitrogens with one attached hydrogen (secondary N) is 2. The minimum Gasteiger partial charge on any atom is -0.481 e. The SMILES string of the molecule is CC(C(=O)O)[C@H]1NC(=O)[C@@H]1C(C)NC(=O)OC(C)(C)C. The van der Waals surface area contributed by atoms with E-state index >= 15 is 0 Å². The van der Waals surface area contributed by atoms with E-state index in [-0.39, 0.29) is 5.91 Å².